The third kappa shape index (κ3) is 3.37. The first-order valence-electron chi connectivity index (χ1n) is 5.98. The molecule has 19 heavy (non-hydrogen) atoms. The lowest BCUT2D eigenvalue weighted by molar-refractivity contribution is -0.137. The SMILES string of the molecule is CC(=O)Nc1cc(CCCC(=O)O)c2c(c1)OCO2. The van der Waals surface area contributed by atoms with E-state index in [1.807, 2.05) is 0 Å². The lowest BCUT2D eigenvalue weighted by atomic mass is 10.1. The third-order valence-corrected chi connectivity index (χ3v) is 2.71. The summed E-state index contributed by atoms with van der Waals surface area (Å²) >= 11 is 0. The van der Waals surface area contributed by atoms with Crippen molar-refractivity contribution >= 4 is 17.6 Å². The molecule has 0 fully saturated rings. The Kier molecular flexibility index (Phi) is 3.89. The summed E-state index contributed by atoms with van der Waals surface area (Å²) in [6.07, 6.45) is 1.17. The first-order valence-corrected chi connectivity index (χ1v) is 5.98. The summed E-state index contributed by atoms with van der Waals surface area (Å²) in [5, 5.41) is 11.3. The average molecular weight is 265 g/mol. The predicted molar refractivity (Wildman–Crippen MR) is 67.4 cm³/mol. The largest absolute Gasteiger partial charge is 0.481 e. The highest BCUT2D eigenvalue weighted by Crippen LogP contribution is 2.39. The Morgan fingerprint density at radius 3 is 2.84 bits per heavy atom. The molecule has 0 unspecified atom stereocenters. The molecule has 0 saturated heterocycles. The van der Waals surface area contributed by atoms with E-state index in [-0.39, 0.29) is 19.1 Å². The van der Waals surface area contributed by atoms with E-state index in [1.54, 1.807) is 12.1 Å². The number of carboxylic acid groups (broad SMARTS) is 1. The zero-order chi connectivity index (χ0) is 13.8. The number of fused-ring (bicyclic) bond motifs is 1. The number of ether oxygens (including phenoxy) is 2. The van der Waals surface area contributed by atoms with Gasteiger partial charge in [0, 0.05) is 30.7 Å². The van der Waals surface area contributed by atoms with Gasteiger partial charge in [-0.15, -0.1) is 0 Å². The van der Waals surface area contributed by atoms with Gasteiger partial charge in [-0.1, -0.05) is 0 Å². The second-order valence-electron chi connectivity index (χ2n) is 4.30. The zero-order valence-corrected chi connectivity index (χ0v) is 10.6. The molecule has 0 aromatic heterocycles. The molecule has 0 saturated carbocycles. The van der Waals surface area contributed by atoms with E-state index in [4.69, 9.17) is 14.6 Å². The number of hydrogen-bond donors (Lipinski definition) is 2. The van der Waals surface area contributed by atoms with Crippen molar-refractivity contribution < 1.29 is 24.2 Å². The van der Waals surface area contributed by atoms with Gasteiger partial charge in [0.2, 0.25) is 12.7 Å². The molecule has 0 aliphatic carbocycles. The van der Waals surface area contributed by atoms with Crippen LogP contribution in [0.5, 0.6) is 11.5 Å². The molecule has 1 amide bonds. The summed E-state index contributed by atoms with van der Waals surface area (Å²) in [6, 6.07) is 3.49. The number of benzene rings is 1. The van der Waals surface area contributed by atoms with Gasteiger partial charge in [0.05, 0.1) is 0 Å². The van der Waals surface area contributed by atoms with Crippen LogP contribution in [0.2, 0.25) is 0 Å². The standard InChI is InChI=1S/C13H15NO5/c1-8(15)14-10-5-9(3-2-4-12(16)17)13-11(6-10)18-7-19-13/h5-6H,2-4,7H2,1H3,(H,14,15)(H,16,17). The zero-order valence-electron chi connectivity index (χ0n) is 10.6. The summed E-state index contributed by atoms with van der Waals surface area (Å²) in [5.41, 5.74) is 1.47. The molecular formula is C13H15NO5. The number of aryl methyl sites for hydroxylation is 1. The van der Waals surface area contributed by atoms with E-state index in [0.717, 1.165) is 5.56 Å². The molecule has 1 aromatic rings. The number of anilines is 1. The minimum Gasteiger partial charge on any atom is -0.481 e. The normalized spacial score (nSPS) is 12.3. The second kappa shape index (κ2) is 5.60. The Bertz CT molecular complexity index is 512. The van der Waals surface area contributed by atoms with E-state index in [0.29, 0.717) is 30.0 Å². The predicted octanol–water partition coefficient (Wildman–Crippen LogP) is 1.78. The molecule has 6 nitrogen and oxygen atoms in total. The Morgan fingerprint density at radius 2 is 2.16 bits per heavy atom. The van der Waals surface area contributed by atoms with Crippen molar-refractivity contribution in [2.24, 2.45) is 0 Å². The molecule has 1 heterocycles. The van der Waals surface area contributed by atoms with E-state index in [9.17, 15) is 9.59 Å². The van der Waals surface area contributed by atoms with E-state index < -0.39 is 5.97 Å². The summed E-state index contributed by atoms with van der Waals surface area (Å²) in [7, 11) is 0. The smallest absolute Gasteiger partial charge is 0.303 e. The van der Waals surface area contributed by atoms with Crippen molar-refractivity contribution in [1.29, 1.82) is 0 Å². The fourth-order valence-electron chi connectivity index (χ4n) is 1.97. The fraction of sp³-hybridized carbons (Fsp3) is 0.385. The van der Waals surface area contributed by atoms with Crippen molar-refractivity contribution in [1.82, 2.24) is 0 Å². The number of nitrogens with one attached hydrogen (secondary N) is 1. The van der Waals surface area contributed by atoms with Crippen LogP contribution < -0.4 is 14.8 Å². The first-order chi connectivity index (χ1) is 9.06. The first kappa shape index (κ1) is 13.2. The maximum Gasteiger partial charge on any atom is 0.303 e. The van der Waals surface area contributed by atoms with Gasteiger partial charge in [-0.2, -0.15) is 0 Å². The number of carbonyl (C=O) groups is 2. The average Bonchev–Trinajstić information content (AvgIpc) is 2.75. The summed E-state index contributed by atoms with van der Waals surface area (Å²) in [5.74, 6) is 0.221. The van der Waals surface area contributed by atoms with Crippen molar-refractivity contribution in [2.45, 2.75) is 26.2 Å². The van der Waals surface area contributed by atoms with Gasteiger partial charge in [0.25, 0.3) is 0 Å². The van der Waals surface area contributed by atoms with Crippen LogP contribution in [-0.2, 0) is 16.0 Å². The Morgan fingerprint density at radius 1 is 1.37 bits per heavy atom. The summed E-state index contributed by atoms with van der Waals surface area (Å²) in [6.45, 7) is 1.57. The number of amides is 1. The van der Waals surface area contributed by atoms with Gasteiger partial charge in [0.1, 0.15) is 0 Å². The molecule has 0 atom stereocenters. The molecule has 1 aromatic carbocycles. The lowest BCUT2D eigenvalue weighted by Crippen LogP contribution is -2.06. The highest BCUT2D eigenvalue weighted by Gasteiger charge is 2.19. The van der Waals surface area contributed by atoms with Crippen LogP contribution in [0.1, 0.15) is 25.3 Å². The van der Waals surface area contributed by atoms with Crippen LogP contribution in [0, 0.1) is 0 Å². The Labute approximate surface area is 110 Å². The topological polar surface area (TPSA) is 84.9 Å². The van der Waals surface area contributed by atoms with Crippen molar-refractivity contribution in [2.75, 3.05) is 12.1 Å². The minimum atomic E-state index is -0.827. The van der Waals surface area contributed by atoms with Crippen LogP contribution in [-0.4, -0.2) is 23.8 Å². The monoisotopic (exact) mass is 265 g/mol. The highest BCUT2D eigenvalue weighted by molar-refractivity contribution is 5.89. The molecule has 2 rings (SSSR count). The van der Waals surface area contributed by atoms with Gasteiger partial charge >= 0.3 is 5.97 Å². The lowest BCUT2D eigenvalue weighted by Gasteiger charge is -2.09. The summed E-state index contributed by atoms with van der Waals surface area (Å²) < 4.78 is 10.7. The molecule has 0 radical (unpaired) electrons. The van der Waals surface area contributed by atoms with Crippen LogP contribution >= 0.6 is 0 Å². The number of carbonyl (C=O) groups excluding carboxylic acids is 1. The summed E-state index contributed by atoms with van der Waals surface area (Å²) in [4.78, 5) is 21.6. The van der Waals surface area contributed by atoms with E-state index >= 15 is 0 Å². The van der Waals surface area contributed by atoms with Crippen molar-refractivity contribution in [3.63, 3.8) is 0 Å². The van der Waals surface area contributed by atoms with E-state index in [2.05, 4.69) is 5.32 Å². The molecule has 102 valence electrons. The van der Waals surface area contributed by atoms with Gasteiger partial charge in [-0.05, 0) is 18.9 Å². The van der Waals surface area contributed by atoms with Gasteiger partial charge in [-0.3, -0.25) is 9.59 Å². The van der Waals surface area contributed by atoms with Crippen molar-refractivity contribution in [3.8, 4) is 11.5 Å². The van der Waals surface area contributed by atoms with Crippen LogP contribution in [0.4, 0.5) is 5.69 Å². The molecule has 1 aliphatic heterocycles. The highest BCUT2D eigenvalue weighted by atomic mass is 16.7. The third-order valence-electron chi connectivity index (χ3n) is 2.71. The van der Waals surface area contributed by atoms with Gasteiger partial charge in [0.15, 0.2) is 11.5 Å². The minimum absolute atomic E-state index is 0.0972. The van der Waals surface area contributed by atoms with Crippen molar-refractivity contribution in [3.05, 3.63) is 17.7 Å². The maximum atomic E-state index is 11.1. The van der Waals surface area contributed by atoms with E-state index in [1.165, 1.54) is 6.92 Å². The molecule has 6 heteroatoms. The molecule has 1 aliphatic rings. The molecular weight excluding hydrogens is 250 g/mol. The Hall–Kier alpha value is -2.24. The fourth-order valence-corrected chi connectivity index (χ4v) is 1.97. The number of aliphatic carboxylic acids is 1. The molecule has 0 bridgehead atoms. The van der Waals surface area contributed by atoms with Gasteiger partial charge < -0.3 is 19.9 Å². The Balaban J connectivity index is 2.17. The number of rotatable bonds is 5. The van der Waals surface area contributed by atoms with Crippen LogP contribution in [0.3, 0.4) is 0 Å². The molecule has 0 spiro atoms. The van der Waals surface area contributed by atoms with Crippen LogP contribution in [0.25, 0.3) is 0 Å². The molecule has 2 N–H and O–H groups in total. The second-order valence-corrected chi connectivity index (χ2v) is 4.30. The quantitative estimate of drug-likeness (QED) is 0.847. The van der Waals surface area contributed by atoms with Crippen LogP contribution in [0.15, 0.2) is 12.1 Å². The van der Waals surface area contributed by atoms with Gasteiger partial charge in [-0.25, -0.2) is 0 Å². The maximum absolute atomic E-state index is 11.1. The number of carboxylic acids is 1. The number of hydrogen-bond acceptors (Lipinski definition) is 4.